The quantitative estimate of drug-likeness (QED) is 0.727. The maximum atomic E-state index is 12.3. The third kappa shape index (κ3) is 3.46. The molecule has 2 rings (SSSR count). The molecule has 1 aliphatic rings. The van der Waals surface area contributed by atoms with Crippen LogP contribution in [0.1, 0.15) is 12.5 Å². The van der Waals surface area contributed by atoms with E-state index < -0.39 is 15.2 Å². The molecule has 1 fully saturated rings. The van der Waals surface area contributed by atoms with Crippen LogP contribution < -0.4 is 4.90 Å². The summed E-state index contributed by atoms with van der Waals surface area (Å²) < 4.78 is 25.5. The topological polar surface area (TPSA) is 37.4 Å². The molecule has 1 aliphatic heterocycles. The van der Waals surface area contributed by atoms with Crippen molar-refractivity contribution in [1.29, 1.82) is 0 Å². The number of halogens is 2. The highest BCUT2D eigenvalue weighted by Gasteiger charge is 2.33. The van der Waals surface area contributed by atoms with Crippen LogP contribution in [0.4, 0.5) is 5.69 Å². The molecule has 0 bridgehead atoms. The number of hydrogen-bond acceptors (Lipinski definition) is 4. The zero-order chi connectivity index (χ0) is 14.8. The van der Waals surface area contributed by atoms with E-state index in [0.29, 0.717) is 11.6 Å². The Bertz CT molecular complexity index is 580. The standard InChI is InChI=1S/C13H17BrClNO2S2/c1-2-20(17,18)13-9-19-6-5-16(13)12-4-3-10(8-15)7-11(12)14/h3-4,7,13H,2,5-6,8-9H2,1H3. The Hall–Kier alpha value is 0.0900. The van der Waals surface area contributed by atoms with Crippen molar-refractivity contribution in [1.82, 2.24) is 0 Å². The molecule has 1 aromatic carbocycles. The first-order valence-corrected chi connectivity index (χ1v) is 10.6. The van der Waals surface area contributed by atoms with E-state index in [4.69, 9.17) is 11.6 Å². The van der Waals surface area contributed by atoms with E-state index in [2.05, 4.69) is 15.9 Å². The van der Waals surface area contributed by atoms with Crippen molar-refractivity contribution in [2.24, 2.45) is 0 Å². The summed E-state index contributed by atoms with van der Waals surface area (Å²) in [6.45, 7) is 2.45. The van der Waals surface area contributed by atoms with Gasteiger partial charge in [0.05, 0.1) is 5.69 Å². The van der Waals surface area contributed by atoms with Gasteiger partial charge >= 0.3 is 0 Å². The predicted molar refractivity (Wildman–Crippen MR) is 91.6 cm³/mol. The lowest BCUT2D eigenvalue weighted by molar-refractivity contribution is 0.579. The molecule has 0 spiro atoms. The number of anilines is 1. The fourth-order valence-electron chi connectivity index (χ4n) is 2.21. The molecule has 0 radical (unpaired) electrons. The molecule has 1 atom stereocenters. The molecule has 1 heterocycles. The first-order chi connectivity index (χ1) is 9.49. The van der Waals surface area contributed by atoms with E-state index in [1.807, 2.05) is 23.1 Å². The summed E-state index contributed by atoms with van der Waals surface area (Å²) in [5.41, 5.74) is 1.95. The van der Waals surface area contributed by atoms with Crippen LogP contribution in [0.2, 0.25) is 0 Å². The van der Waals surface area contributed by atoms with E-state index in [1.54, 1.807) is 18.7 Å². The van der Waals surface area contributed by atoms with Gasteiger partial charge in [0.15, 0.2) is 9.84 Å². The van der Waals surface area contributed by atoms with Gasteiger partial charge in [-0.05, 0) is 33.6 Å². The van der Waals surface area contributed by atoms with E-state index in [0.717, 1.165) is 28.0 Å². The van der Waals surface area contributed by atoms with Crippen LogP contribution in [-0.4, -0.2) is 37.6 Å². The lowest BCUT2D eigenvalue weighted by Gasteiger charge is -2.37. The minimum atomic E-state index is -3.09. The summed E-state index contributed by atoms with van der Waals surface area (Å²) in [6, 6.07) is 5.86. The molecule has 0 aromatic heterocycles. The maximum Gasteiger partial charge on any atom is 0.171 e. The van der Waals surface area contributed by atoms with Gasteiger partial charge in [-0.15, -0.1) is 11.6 Å². The summed E-state index contributed by atoms with van der Waals surface area (Å²) in [4.78, 5) is 2.00. The zero-order valence-electron chi connectivity index (χ0n) is 11.2. The predicted octanol–water partition coefficient (Wildman–Crippen LogP) is 3.50. The Morgan fingerprint density at radius 2 is 2.25 bits per heavy atom. The van der Waals surface area contributed by atoms with Gasteiger partial charge in [-0.25, -0.2) is 8.42 Å². The Morgan fingerprint density at radius 3 is 2.85 bits per heavy atom. The fraction of sp³-hybridized carbons (Fsp3) is 0.538. The van der Waals surface area contributed by atoms with E-state index >= 15 is 0 Å². The highest BCUT2D eigenvalue weighted by molar-refractivity contribution is 9.10. The number of hydrogen-bond donors (Lipinski definition) is 0. The van der Waals surface area contributed by atoms with E-state index in [-0.39, 0.29) is 5.75 Å². The molecule has 20 heavy (non-hydrogen) atoms. The van der Waals surface area contributed by atoms with Crippen LogP contribution in [0.25, 0.3) is 0 Å². The number of sulfone groups is 1. The van der Waals surface area contributed by atoms with Gasteiger partial charge in [0.2, 0.25) is 0 Å². The molecule has 3 nitrogen and oxygen atoms in total. The normalized spacial score (nSPS) is 20.1. The molecule has 7 heteroatoms. The number of alkyl halides is 1. The Kier molecular flexibility index (Phi) is 5.68. The van der Waals surface area contributed by atoms with E-state index in [9.17, 15) is 8.42 Å². The SMILES string of the molecule is CCS(=O)(=O)C1CSCCN1c1ccc(CCl)cc1Br. The highest BCUT2D eigenvalue weighted by atomic mass is 79.9. The monoisotopic (exact) mass is 397 g/mol. The molecule has 1 aromatic rings. The van der Waals surface area contributed by atoms with Crippen molar-refractivity contribution in [2.45, 2.75) is 18.2 Å². The minimum Gasteiger partial charge on any atom is -0.353 e. The second-order valence-corrected chi connectivity index (χ2v) is 9.31. The van der Waals surface area contributed by atoms with Gasteiger partial charge in [0.25, 0.3) is 0 Å². The lowest BCUT2D eigenvalue weighted by atomic mass is 10.2. The van der Waals surface area contributed by atoms with Crippen LogP contribution in [0.15, 0.2) is 22.7 Å². The molecule has 0 aliphatic carbocycles. The number of benzene rings is 1. The Morgan fingerprint density at radius 1 is 1.50 bits per heavy atom. The molecule has 0 amide bonds. The zero-order valence-corrected chi connectivity index (χ0v) is 15.2. The second-order valence-electron chi connectivity index (χ2n) is 4.59. The van der Waals surface area contributed by atoms with Gasteiger partial charge in [0, 0.05) is 34.2 Å². The number of nitrogens with zero attached hydrogens (tertiary/aromatic N) is 1. The van der Waals surface area contributed by atoms with Crippen molar-refractivity contribution in [3.63, 3.8) is 0 Å². The smallest absolute Gasteiger partial charge is 0.171 e. The fourth-order valence-corrected chi connectivity index (χ4v) is 6.02. The average molecular weight is 399 g/mol. The summed E-state index contributed by atoms with van der Waals surface area (Å²) in [5, 5.41) is -0.440. The van der Waals surface area contributed by atoms with Gasteiger partial charge in [-0.1, -0.05) is 13.0 Å². The first kappa shape index (κ1) is 16.5. The average Bonchev–Trinajstić information content (AvgIpc) is 2.47. The molecule has 1 unspecified atom stereocenters. The lowest BCUT2D eigenvalue weighted by Crippen LogP contribution is -2.48. The maximum absolute atomic E-state index is 12.3. The minimum absolute atomic E-state index is 0.173. The van der Waals surface area contributed by atoms with Crippen LogP contribution in [0.5, 0.6) is 0 Å². The molecular formula is C13H17BrClNO2S2. The molecule has 0 N–H and O–H groups in total. The van der Waals surface area contributed by atoms with Crippen LogP contribution in [-0.2, 0) is 15.7 Å². The third-order valence-electron chi connectivity index (χ3n) is 3.38. The Balaban J connectivity index is 2.38. The van der Waals surface area contributed by atoms with Crippen molar-refractivity contribution in [3.05, 3.63) is 28.2 Å². The van der Waals surface area contributed by atoms with Gasteiger partial charge in [0.1, 0.15) is 5.37 Å². The van der Waals surface area contributed by atoms with Gasteiger partial charge in [-0.2, -0.15) is 11.8 Å². The Labute approximate surface area is 138 Å². The largest absolute Gasteiger partial charge is 0.353 e. The highest BCUT2D eigenvalue weighted by Crippen LogP contribution is 2.33. The van der Waals surface area contributed by atoms with Crippen LogP contribution in [0, 0.1) is 0 Å². The van der Waals surface area contributed by atoms with Crippen molar-refractivity contribution < 1.29 is 8.42 Å². The molecule has 0 saturated carbocycles. The second kappa shape index (κ2) is 6.90. The number of rotatable bonds is 4. The van der Waals surface area contributed by atoms with Crippen molar-refractivity contribution in [3.8, 4) is 0 Å². The van der Waals surface area contributed by atoms with Crippen molar-refractivity contribution >= 4 is 54.8 Å². The van der Waals surface area contributed by atoms with Crippen LogP contribution in [0.3, 0.4) is 0 Å². The molecule has 112 valence electrons. The van der Waals surface area contributed by atoms with Gasteiger partial charge < -0.3 is 4.90 Å². The summed E-state index contributed by atoms with van der Waals surface area (Å²) >= 11 is 11.1. The van der Waals surface area contributed by atoms with Crippen molar-refractivity contribution in [2.75, 3.05) is 28.7 Å². The molecule has 1 saturated heterocycles. The number of thioether (sulfide) groups is 1. The summed E-state index contributed by atoms with van der Waals surface area (Å²) in [6.07, 6.45) is 0. The molecular weight excluding hydrogens is 382 g/mol. The van der Waals surface area contributed by atoms with Gasteiger partial charge in [-0.3, -0.25) is 0 Å². The van der Waals surface area contributed by atoms with Crippen LogP contribution >= 0.6 is 39.3 Å². The van der Waals surface area contributed by atoms with E-state index in [1.165, 1.54) is 0 Å². The summed E-state index contributed by atoms with van der Waals surface area (Å²) in [5.74, 6) is 2.19. The first-order valence-electron chi connectivity index (χ1n) is 6.40. The summed E-state index contributed by atoms with van der Waals surface area (Å²) in [7, 11) is -3.09. The third-order valence-corrected chi connectivity index (χ3v) is 7.61.